The van der Waals surface area contributed by atoms with Crippen LogP contribution in [0, 0.1) is 13.8 Å². The van der Waals surface area contributed by atoms with Crippen molar-refractivity contribution in [2.75, 3.05) is 27.2 Å². The van der Waals surface area contributed by atoms with Crippen LogP contribution in [0.15, 0.2) is 30.3 Å². The first-order chi connectivity index (χ1) is 13.9. The van der Waals surface area contributed by atoms with E-state index in [1.165, 1.54) is 32.9 Å². The molecule has 2 aromatic carbocycles. The molecule has 30 heavy (non-hydrogen) atoms. The lowest BCUT2D eigenvalue weighted by Crippen LogP contribution is -2.28. The van der Waals surface area contributed by atoms with E-state index in [1.807, 2.05) is 0 Å². The van der Waals surface area contributed by atoms with Crippen molar-refractivity contribution < 1.29 is 9.47 Å². The van der Waals surface area contributed by atoms with Gasteiger partial charge in [0.15, 0.2) is 6.79 Å². The zero-order valence-electron chi connectivity index (χ0n) is 20.6. The maximum absolute atomic E-state index is 6.28. The molecule has 4 heteroatoms. The summed E-state index contributed by atoms with van der Waals surface area (Å²) >= 11 is 0. The fourth-order valence-electron chi connectivity index (χ4n) is 3.82. The van der Waals surface area contributed by atoms with Gasteiger partial charge in [0.05, 0.1) is 0 Å². The molecule has 0 N–H and O–H groups in total. The molecule has 2 nitrogen and oxygen atoms in total. The minimum absolute atomic E-state index is 0.00129. The zero-order valence-corrected chi connectivity index (χ0v) is 22.5. The van der Waals surface area contributed by atoms with Gasteiger partial charge in [0.25, 0.3) is 0 Å². The highest BCUT2D eigenvalue weighted by Gasteiger charge is 2.33. The molecule has 0 saturated heterocycles. The van der Waals surface area contributed by atoms with Crippen LogP contribution >= 0.6 is 16.5 Å². The van der Waals surface area contributed by atoms with Gasteiger partial charge in [-0.1, -0.05) is 87.0 Å². The van der Waals surface area contributed by atoms with E-state index in [4.69, 9.17) is 9.47 Å². The van der Waals surface area contributed by atoms with Crippen LogP contribution in [-0.2, 0) is 15.3 Å². The molecule has 0 spiro atoms. The van der Waals surface area contributed by atoms with Crippen LogP contribution in [0.25, 0.3) is 0 Å². The van der Waals surface area contributed by atoms with Crippen LogP contribution < -0.4 is 15.3 Å². The first kappa shape index (κ1) is 25.3. The summed E-state index contributed by atoms with van der Waals surface area (Å²) in [5.74, 6) is 1.01. The Hall–Kier alpha value is -0.940. The minimum Gasteiger partial charge on any atom is -0.467 e. The lowest BCUT2D eigenvalue weighted by Gasteiger charge is -2.35. The summed E-state index contributed by atoms with van der Waals surface area (Å²) < 4.78 is 11.6. The van der Waals surface area contributed by atoms with Crippen LogP contribution in [-0.4, -0.2) is 27.2 Å². The van der Waals surface area contributed by atoms with E-state index in [0.717, 1.165) is 12.2 Å². The fourth-order valence-corrected chi connectivity index (χ4v) is 7.21. The summed E-state index contributed by atoms with van der Waals surface area (Å²) in [7, 11) is 2.23. The van der Waals surface area contributed by atoms with Gasteiger partial charge in [-0.3, -0.25) is 0 Å². The average molecular weight is 447 g/mol. The Kier molecular flexibility index (Phi) is 8.54. The molecule has 166 valence electrons. The molecule has 2 rings (SSSR count). The Morgan fingerprint density at radius 2 is 1.63 bits per heavy atom. The molecule has 0 amide bonds. The quantitative estimate of drug-likeness (QED) is 0.337. The van der Waals surface area contributed by atoms with Crippen LogP contribution in [0.3, 0.4) is 0 Å². The van der Waals surface area contributed by atoms with E-state index >= 15 is 0 Å². The van der Waals surface area contributed by atoms with Gasteiger partial charge in [-0.15, -0.1) is 0 Å². The van der Waals surface area contributed by atoms with E-state index in [9.17, 15) is 0 Å². The van der Waals surface area contributed by atoms with Gasteiger partial charge in [-0.2, -0.15) is 0 Å². The molecular weight excluding hydrogens is 406 g/mol. The molecule has 0 aliphatic carbocycles. The normalized spacial score (nSPS) is 14.5. The van der Waals surface area contributed by atoms with Crippen molar-refractivity contribution in [3.05, 3.63) is 52.6 Å². The summed E-state index contributed by atoms with van der Waals surface area (Å²) in [5, 5.41) is 3.07. The van der Waals surface area contributed by atoms with E-state index in [2.05, 4.69) is 92.1 Å². The molecule has 0 aliphatic heterocycles. The van der Waals surface area contributed by atoms with Gasteiger partial charge in [-0.05, 0) is 55.2 Å². The summed E-state index contributed by atoms with van der Waals surface area (Å²) in [4.78, 5) is 0. The van der Waals surface area contributed by atoms with E-state index in [1.54, 1.807) is 7.11 Å². The highest BCUT2D eigenvalue weighted by Crippen LogP contribution is 2.50. The number of methoxy groups -OCH3 is 1. The lowest BCUT2D eigenvalue weighted by atomic mass is 9.81. The van der Waals surface area contributed by atoms with Crippen LogP contribution in [0.4, 0.5) is 0 Å². The smallest absolute Gasteiger partial charge is 0.188 e. The van der Waals surface area contributed by atoms with Gasteiger partial charge in [0.1, 0.15) is 5.75 Å². The van der Waals surface area contributed by atoms with E-state index < -0.39 is 0 Å². The van der Waals surface area contributed by atoms with Gasteiger partial charge >= 0.3 is 0 Å². The summed E-state index contributed by atoms with van der Waals surface area (Å²) in [6.07, 6.45) is 1.06. The fraction of sp³-hybridized carbons (Fsp3) is 0.538. The highest BCUT2D eigenvalue weighted by atomic mass is 31.1. The first-order valence-electron chi connectivity index (χ1n) is 10.8. The number of aryl methyl sites for hydroxylation is 2. The van der Waals surface area contributed by atoms with E-state index in [0.29, 0.717) is 8.58 Å². The number of hydrogen-bond donors (Lipinski definition) is 0. The molecule has 0 bridgehead atoms. The Morgan fingerprint density at radius 1 is 1.00 bits per heavy atom. The maximum Gasteiger partial charge on any atom is 0.188 e. The second kappa shape index (κ2) is 10.1. The number of rotatable bonds is 8. The Morgan fingerprint density at radius 3 is 2.17 bits per heavy atom. The van der Waals surface area contributed by atoms with Crippen molar-refractivity contribution in [1.29, 1.82) is 0 Å². The number of benzene rings is 2. The van der Waals surface area contributed by atoms with Crippen molar-refractivity contribution in [3.63, 3.8) is 0 Å². The third kappa shape index (κ3) is 5.64. The maximum atomic E-state index is 6.28. The lowest BCUT2D eigenvalue weighted by molar-refractivity contribution is 0.0487. The number of hydrogen-bond acceptors (Lipinski definition) is 2. The van der Waals surface area contributed by atoms with Crippen LogP contribution in [0.5, 0.6) is 5.75 Å². The molecule has 0 fully saturated rings. The van der Waals surface area contributed by atoms with Gasteiger partial charge in [-0.25, -0.2) is 0 Å². The number of ether oxygens (including phenoxy) is 2. The molecule has 0 radical (unpaired) electrons. The second-order valence-electron chi connectivity index (χ2n) is 9.66. The van der Waals surface area contributed by atoms with E-state index in [-0.39, 0.29) is 25.3 Å². The van der Waals surface area contributed by atoms with Gasteiger partial charge < -0.3 is 9.47 Å². The summed E-state index contributed by atoms with van der Waals surface area (Å²) in [6, 6.07) is 11.4. The SMILES string of the molecule is CCC(C)(Pc1c(C)cccc1P(C)C)c1cc(C)cc(C(C)(C)C)c1OCOC. The van der Waals surface area contributed by atoms with Gasteiger partial charge in [0.2, 0.25) is 0 Å². The summed E-state index contributed by atoms with van der Waals surface area (Å²) in [6.45, 7) is 21.0. The molecule has 0 aliphatic rings. The second-order valence-corrected chi connectivity index (χ2v) is 13.8. The molecule has 0 aromatic heterocycles. The summed E-state index contributed by atoms with van der Waals surface area (Å²) in [5.41, 5.74) is 5.27. The third-order valence-electron chi connectivity index (χ3n) is 5.80. The van der Waals surface area contributed by atoms with Crippen molar-refractivity contribution in [3.8, 4) is 5.75 Å². The third-order valence-corrected chi connectivity index (χ3v) is 9.43. The predicted octanol–water partition coefficient (Wildman–Crippen LogP) is 6.58. The van der Waals surface area contributed by atoms with Crippen LogP contribution in [0.1, 0.15) is 63.3 Å². The largest absolute Gasteiger partial charge is 0.467 e. The van der Waals surface area contributed by atoms with Crippen molar-refractivity contribution >= 4 is 27.1 Å². The standard InChI is InChI=1S/C26H40O2P2/c1-11-26(7,29-24-19(3)13-12-14-22(24)30(9)10)21-16-18(2)15-20(25(4,5)6)23(21)28-17-27-8/h12-16,29H,11,17H2,1-10H3. The van der Waals surface area contributed by atoms with Gasteiger partial charge in [0, 0.05) is 23.4 Å². The average Bonchev–Trinajstić information content (AvgIpc) is 2.66. The molecule has 2 unspecified atom stereocenters. The Balaban J connectivity index is 2.72. The topological polar surface area (TPSA) is 18.5 Å². The molecule has 0 saturated carbocycles. The Labute approximate surface area is 187 Å². The van der Waals surface area contributed by atoms with Crippen molar-refractivity contribution in [1.82, 2.24) is 0 Å². The van der Waals surface area contributed by atoms with Crippen molar-refractivity contribution in [2.24, 2.45) is 0 Å². The monoisotopic (exact) mass is 446 g/mol. The Bertz CT molecular complexity index is 868. The molecule has 2 atom stereocenters. The molecule has 0 heterocycles. The highest BCUT2D eigenvalue weighted by molar-refractivity contribution is 7.66. The van der Waals surface area contributed by atoms with Crippen molar-refractivity contribution in [2.45, 2.75) is 65.5 Å². The minimum atomic E-state index is -0.152. The molecular formula is C26H40O2P2. The first-order valence-corrected chi connectivity index (χ1v) is 14.0. The van der Waals surface area contributed by atoms with Crippen LogP contribution in [0.2, 0.25) is 0 Å². The predicted molar refractivity (Wildman–Crippen MR) is 138 cm³/mol. The molecule has 2 aromatic rings. The zero-order chi connectivity index (χ0) is 22.7.